The second-order valence-corrected chi connectivity index (χ2v) is 9.96. The molecule has 1 atom stereocenters. The van der Waals surface area contributed by atoms with Gasteiger partial charge in [-0.25, -0.2) is 13.8 Å². The quantitative estimate of drug-likeness (QED) is 0.485. The van der Waals surface area contributed by atoms with Crippen molar-refractivity contribution in [3.8, 4) is 0 Å². The number of rotatable bonds is 5. The van der Waals surface area contributed by atoms with Crippen LogP contribution in [0.15, 0.2) is 36.5 Å². The molecule has 2 saturated heterocycles. The first kappa shape index (κ1) is 24.2. The first-order valence-corrected chi connectivity index (χ1v) is 12.0. The number of likely N-dealkylation sites (tertiary alicyclic amines) is 1. The van der Waals surface area contributed by atoms with E-state index in [1.54, 1.807) is 17.0 Å². The van der Waals surface area contributed by atoms with Gasteiger partial charge in [-0.15, -0.1) is 0 Å². The van der Waals surface area contributed by atoms with Crippen molar-refractivity contribution in [2.75, 3.05) is 19.6 Å². The van der Waals surface area contributed by atoms with Gasteiger partial charge in [0.15, 0.2) is 0 Å². The predicted octanol–water partition coefficient (Wildman–Crippen LogP) is 2.96. The topological polar surface area (TPSA) is 107 Å². The molecule has 2 aromatic heterocycles. The van der Waals surface area contributed by atoms with Crippen LogP contribution in [-0.4, -0.2) is 58.3 Å². The number of halogens is 3. The van der Waals surface area contributed by atoms with E-state index in [0.29, 0.717) is 55.0 Å². The number of benzene rings is 1. The highest BCUT2D eigenvalue weighted by atomic mass is 35.5. The summed E-state index contributed by atoms with van der Waals surface area (Å²) in [7, 11) is 0. The third-order valence-electron chi connectivity index (χ3n) is 7.06. The summed E-state index contributed by atoms with van der Waals surface area (Å²) in [5.41, 5.74) is 0.580. The third kappa shape index (κ3) is 4.90. The highest BCUT2D eigenvalue weighted by Crippen LogP contribution is 2.37. The largest absolute Gasteiger partial charge is 0.356 e. The van der Waals surface area contributed by atoms with Crippen molar-refractivity contribution in [3.05, 3.63) is 64.4 Å². The Hall–Kier alpha value is -3.53. The van der Waals surface area contributed by atoms with E-state index >= 15 is 0 Å². The summed E-state index contributed by atoms with van der Waals surface area (Å²) in [6, 6.07) is 5.27. The van der Waals surface area contributed by atoms with Crippen LogP contribution in [0.4, 0.5) is 8.78 Å². The minimum Gasteiger partial charge on any atom is -0.356 e. The van der Waals surface area contributed by atoms with Gasteiger partial charge < -0.3 is 20.5 Å². The van der Waals surface area contributed by atoms with Crippen LogP contribution in [0.1, 0.15) is 35.3 Å². The van der Waals surface area contributed by atoms with Gasteiger partial charge in [0.1, 0.15) is 29.0 Å². The number of amides is 3. The lowest BCUT2D eigenvalue weighted by atomic mass is 9.77. The van der Waals surface area contributed by atoms with Gasteiger partial charge in [-0.3, -0.25) is 14.4 Å². The van der Waals surface area contributed by atoms with E-state index < -0.39 is 23.6 Å². The molecule has 0 aliphatic carbocycles. The smallest absolute Gasteiger partial charge is 0.268 e. The molecule has 0 radical (unpaired) electrons. The summed E-state index contributed by atoms with van der Waals surface area (Å²) in [6.45, 7) is 1.43. The van der Waals surface area contributed by atoms with Crippen molar-refractivity contribution < 1.29 is 23.2 Å². The molecular formula is C25H24ClF2N5O3. The fraction of sp³-hybridized carbons (Fsp3) is 0.360. The second-order valence-electron chi connectivity index (χ2n) is 9.52. The van der Waals surface area contributed by atoms with Gasteiger partial charge >= 0.3 is 0 Å². The number of nitrogens with zero attached hydrogens (tertiary/aromatic N) is 2. The van der Waals surface area contributed by atoms with Crippen molar-refractivity contribution in [1.29, 1.82) is 0 Å². The van der Waals surface area contributed by atoms with Gasteiger partial charge in [-0.1, -0.05) is 17.7 Å². The van der Waals surface area contributed by atoms with E-state index in [9.17, 15) is 23.2 Å². The Labute approximate surface area is 210 Å². The van der Waals surface area contributed by atoms with Gasteiger partial charge in [0.05, 0.1) is 5.02 Å². The maximum Gasteiger partial charge on any atom is 0.268 e. The van der Waals surface area contributed by atoms with E-state index in [2.05, 4.69) is 20.6 Å². The van der Waals surface area contributed by atoms with Crippen molar-refractivity contribution >= 4 is 40.4 Å². The molecule has 2 aliphatic heterocycles. The normalized spacial score (nSPS) is 17.9. The van der Waals surface area contributed by atoms with Crippen LogP contribution in [0.3, 0.4) is 0 Å². The molecule has 2 fully saturated rings. The van der Waals surface area contributed by atoms with Crippen molar-refractivity contribution in [1.82, 2.24) is 25.5 Å². The first-order valence-electron chi connectivity index (χ1n) is 11.7. The monoisotopic (exact) mass is 515 g/mol. The van der Waals surface area contributed by atoms with Gasteiger partial charge in [0.25, 0.3) is 5.91 Å². The minimum atomic E-state index is -1.09. The lowest BCUT2D eigenvalue weighted by Crippen LogP contribution is -2.53. The number of carbonyl (C=O) groups is 3. The highest BCUT2D eigenvalue weighted by Gasteiger charge is 2.42. The molecule has 0 saturated carbocycles. The molecule has 1 aromatic carbocycles. The molecule has 5 rings (SSSR count). The molecule has 8 nitrogen and oxygen atoms in total. The Bertz CT molecular complexity index is 1350. The SMILES string of the molecule is O=C1CC2(CCN(C(=O)[C@H](Cc3ccc(F)cc3F)NC(=O)c3cc4cc(Cl)cnc4[nH]3)CC2)CN1. The summed E-state index contributed by atoms with van der Waals surface area (Å²) in [5, 5.41) is 6.61. The van der Waals surface area contributed by atoms with Crippen LogP contribution < -0.4 is 10.6 Å². The van der Waals surface area contributed by atoms with Crippen LogP contribution in [0.5, 0.6) is 0 Å². The van der Waals surface area contributed by atoms with Crippen LogP contribution in [0.2, 0.25) is 5.02 Å². The average molecular weight is 516 g/mol. The third-order valence-corrected chi connectivity index (χ3v) is 7.26. The molecule has 188 valence electrons. The molecule has 2 aliphatic rings. The van der Waals surface area contributed by atoms with E-state index in [0.717, 1.165) is 12.1 Å². The lowest BCUT2D eigenvalue weighted by Gasteiger charge is -2.39. The number of aromatic nitrogens is 2. The number of carbonyl (C=O) groups excluding carboxylic acids is 3. The lowest BCUT2D eigenvalue weighted by molar-refractivity contribution is -0.135. The van der Waals surface area contributed by atoms with Gasteiger partial charge in [0, 0.05) is 50.1 Å². The zero-order chi connectivity index (χ0) is 25.4. The Morgan fingerprint density at radius 1 is 1.19 bits per heavy atom. The van der Waals surface area contributed by atoms with Crippen molar-refractivity contribution in [3.63, 3.8) is 0 Å². The Morgan fingerprint density at radius 2 is 1.97 bits per heavy atom. The predicted molar refractivity (Wildman–Crippen MR) is 128 cm³/mol. The van der Waals surface area contributed by atoms with Crippen LogP contribution in [0, 0.1) is 17.0 Å². The highest BCUT2D eigenvalue weighted by molar-refractivity contribution is 6.31. The Morgan fingerprint density at radius 3 is 2.67 bits per heavy atom. The summed E-state index contributed by atoms with van der Waals surface area (Å²) < 4.78 is 27.9. The fourth-order valence-electron chi connectivity index (χ4n) is 4.98. The fourth-order valence-corrected chi connectivity index (χ4v) is 5.15. The molecule has 0 bridgehead atoms. The number of piperidine rings is 1. The molecule has 3 amide bonds. The Balaban J connectivity index is 1.36. The summed E-state index contributed by atoms with van der Waals surface area (Å²) >= 11 is 5.98. The number of nitrogens with one attached hydrogen (secondary N) is 3. The van der Waals surface area contributed by atoms with Crippen LogP contribution >= 0.6 is 11.6 Å². The Kier molecular flexibility index (Phi) is 6.38. The van der Waals surface area contributed by atoms with E-state index in [-0.39, 0.29) is 34.9 Å². The van der Waals surface area contributed by atoms with Gasteiger partial charge in [-0.05, 0) is 42.0 Å². The standard InChI is InChI=1S/C25H24ClF2N5O3/c26-16-7-15-9-19(31-22(15)29-12-16)23(35)32-20(8-14-1-2-17(27)10-18(14)28)24(36)33-5-3-25(4-6-33)11-21(34)30-13-25/h1-2,7,9-10,12,20H,3-6,8,11,13H2,(H,29,31)(H,30,34)(H,32,35)/t20-/m0/s1. The molecule has 36 heavy (non-hydrogen) atoms. The number of hydrogen-bond acceptors (Lipinski definition) is 4. The van der Waals surface area contributed by atoms with Crippen LogP contribution in [-0.2, 0) is 16.0 Å². The number of aromatic amines is 1. The minimum absolute atomic E-state index is 0.0146. The van der Waals surface area contributed by atoms with E-state index in [1.807, 2.05) is 0 Å². The van der Waals surface area contributed by atoms with Crippen molar-refractivity contribution in [2.45, 2.75) is 31.7 Å². The van der Waals surface area contributed by atoms with E-state index in [4.69, 9.17) is 11.6 Å². The molecule has 11 heteroatoms. The summed E-state index contributed by atoms with van der Waals surface area (Å²) in [6.07, 6.45) is 3.04. The molecule has 4 heterocycles. The second kappa shape index (κ2) is 9.50. The van der Waals surface area contributed by atoms with E-state index in [1.165, 1.54) is 12.3 Å². The maximum absolute atomic E-state index is 14.4. The average Bonchev–Trinajstić information content (AvgIpc) is 3.43. The van der Waals surface area contributed by atoms with Gasteiger partial charge in [0.2, 0.25) is 11.8 Å². The zero-order valence-corrected chi connectivity index (χ0v) is 20.0. The number of pyridine rings is 1. The summed E-state index contributed by atoms with van der Waals surface area (Å²) in [5.74, 6) is -2.44. The first-order chi connectivity index (χ1) is 17.2. The molecule has 1 spiro atoms. The zero-order valence-electron chi connectivity index (χ0n) is 19.2. The molecule has 3 N–H and O–H groups in total. The summed E-state index contributed by atoms with van der Waals surface area (Å²) in [4.78, 5) is 47.0. The number of H-pyrrole nitrogens is 1. The molecule has 3 aromatic rings. The van der Waals surface area contributed by atoms with Crippen molar-refractivity contribution in [2.24, 2.45) is 5.41 Å². The number of hydrogen-bond donors (Lipinski definition) is 3. The molecule has 0 unspecified atom stereocenters. The number of fused-ring (bicyclic) bond motifs is 1. The maximum atomic E-state index is 14.4. The van der Waals surface area contributed by atoms with Crippen LogP contribution in [0.25, 0.3) is 11.0 Å². The van der Waals surface area contributed by atoms with Gasteiger partial charge in [-0.2, -0.15) is 0 Å². The molecular weight excluding hydrogens is 492 g/mol.